The van der Waals surface area contributed by atoms with Crippen molar-refractivity contribution in [3.63, 3.8) is 0 Å². The second-order valence-corrected chi connectivity index (χ2v) is 8.82. The average Bonchev–Trinajstić information content (AvgIpc) is 3.02. The van der Waals surface area contributed by atoms with E-state index in [9.17, 15) is 5.11 Å². The van der Waals surface area contributed by atoms with Crippen molar-refractivity contribution in [1.82, 2.24) is 15.0 Å². The van der Waals surface area contributed by atoms with Crippen molar-refractivity contribution in [3.05, 3.63) is 11.1 Å². The number of aromatic hydroxyl groups is 1. The molecular formula is C16H16B6ClN3OS. The molecule has 2 heterocycles. The van der Waals surface area contributed by atoms with E-state index < -0.39 is 0 Å². The van der Waals surface area contributed by atoms with Gasteiger partial charge in [-0.3, -0.25) is 0 Å². The van der Waals surface area contributed by atoms with E-state index in [1.807, 2.05) is 22.6 Å². The molecule has 0 amide bonds. The summed E-state index contributed by atoms with van der Waals surface area (Å²) >= 11 is 7.85. The van der Waals surface area contributed by atoms with Crippen molar-refractivity contribution in [3.8, 4) is 17.1 Å². The van der Waals surface area contributed by atoms with E-state index in [4.69, 9.17) is 11.6 Å². The second-order valence-electron chi connectivity index (χ2n) is 7.46. The highest BCUT2D eigenvalue weighted by Crippen LogP contribution is 2.35. The molecule has 4 nitrogen and oxygen atoms in total. The van der Waals surface area contributed by atoms with Crippen LogP contribution in [0.4, 0.5) is 0 Å². The number of phenolic OH excluding ortho intramolecular Hbond substituents is 1. The summed E-state index contributed by atoms with van der Waals surface area (Å²) in [4.78, 5) is 13.1. The van der Waals surface area contributed by atoms with Gasteiger partial charge in [0.05, 0.1) is 0 Å². The van der Waals surface area contributed by atoms with Crippen LogP contribution in [0.15, 0.2) is 0 Å². The standard InChI is InChI=1S/C16H16B6ClN3OS/c1-2-24-15(26-16(23)25-2)5-8(19)9(20)6(17)3-4-7(18)10(21)12(27)11(22)14(4)28-13(3)5/h27H,17-22H2,1H3. The Bertz CT molecular complexity index is 1310. The van der Waals surface area contributed by atoms with Gasteiger partial charge in [-0.15, -0.1) is 11.3 Å². The minimum Gasteiger partial charge on any atom is -0.509 e. The van der Waals surface area contributed by atoms with E-state index in [1.165, 1.54) is 21.7 Å². The molecule has 0 spiro atoms. The summed E-state index contributed by atoms with van der Waals surface area (Å²) in [6, 6.07) is 0. The first kappa shape index (κ1) is 19.5. The molecule has 0 radical (unpaired) electrons. The lowest BCUT2D eigenvalue weighted by atomic mass is 9.67. The fourth-order valence-corrected chi connectivity index (χ4v) is 5.71. The molecule has 0 aliphatic heterocycles. The van der Waals surface area contributed by atoms with Gasteiger partial charge in [0, 0.05) is 15.0 Å². The van der Waals surface area contributed by atoms with Crippen LogP contribution in [0.1, 0.15) is 5.82 Å². The third kappa shape index (κ3) is 2.63. The number of fused-ring (bicyclic) bond motifs is 3. The Kier molecular flexibility index (Phi) is 4.59. The molecule has 4 rings (SSSR count). The van der Waals surface area contributed by atoms with Crippen LogP contribution in [-0.2, 0) is 0 Å². The number of thiophene rings is 1. The number of hydrogen-bond acceptors (Lipinski definition) is 5. The quantitative estimate of drug-likeness (QED) is 0.325. The predicted molar refractivity (Wildman–Crippen MR) is 139 cm³/mol. The number of nitrogens with zero attached hydrogens (tertiary/aromatic N) is 3. The zero-order valence-corrected chi connectivity index (χ0v) is 18.6. The minimum atomic E-state index is 0.204. The van der Waals surface area contributed by atoms with Crippen LogP contribution in [0, 0.1) is 6.92 Å². The van der Waals surface area contributed by atoms with E-state index in [1.54, 1.807) is 11.3 Å². The molecule has 4 aromatic rings. The lowest BCUT2D eigenvalue weighted by Crippen LogP contribution is -2.41. The van der Waals surface area contributed by atoms with Gasteiger partial charge in [-0.1, -0.05) is 27.3 Å². The van der Waals surface area contributed by atoms with Gasteiger partial charge in [0.2, 0.25) is 5.28 Å². The summed E-state index contributed by atoms with van der Waals surface area (Å²) in [5, 5.41) is 13.2. The zero-order valence-electron chi connectivity index (χ0n) is 17.1. The molecule has 0 fully saturated rings. The molecular weight excluding hydrogens is 383 g/mol. The van der Waals surface area contributed by atoms with Crippen LogP contribution in [0.2, 0.25) is 5.28 Å². The van der Waals surface area contributed by atoms with Gasteiger partial charge in [-0.05, 0) is 34.8 Å². The largest absolute Gasteiger partial charge is 0.509 e. The fraction of sp³-hybridized carbons (Fsp3) is 0.0625. The SMILES string of the molecule is Bc1c(B)c(B)c2c(sc3c(B)c(O)c(B)c(B)c32)c1-c1nc(C)nc(Cl)n1. The van der Waals surface area contributed by atoms with Crippen LogP contribution in [0.25, 0.3) is 31.6 Å². The molecule has 28 heavy (non-hydrogen) atoms. The van der Waals surface area contributed by atoms with Gasteiger partial charge in [0.25, 0.3) is 0 Å². The van der Waals surface area contributed by atoms with Crippen LogP contribution in [-0.4, -0.2) is 67.1 Å². The maximum absolute atomic E-state index is 10.6. The van der Waals surface area contributed by atoms with Crippen molar-refractivity contribution < 1.29 is 5.11 Å². The lowest BCUT2D eigenvalue weighted by Gasteiger charge is -2.15. The molecule has 0 saturated heterocycles. The highest BCUT2D eigenvalue weighted by Gasteiger charge is 2.23. The number of phenols is 1. The first-order chi connectivity index (χ1) is 13.1. The van der Waals surface area contributed by atoms with Crippen LogP contribution >= 0.6 is 22.9 Å². The summed E-state index contributed by atoms with van der Waals surface area (Å²) in [6.07, 6.45) is 0. The highest BCUT2D eigenvalue weighted by molar-refractivity contribution is 7.28. The molecule has 0 aliphatic rings. The Morgan fingerprint density at radius 1 is 0.750 bits per heavy atom. The molecule has 132 valence electrons. The average molecular weight is 399 g/mol. The zero-order chi connectivity index (χ0) is 20.5. The van der Waals surface area contributed by atoms with Gasteiger partial charge in [0.15, 0.2) is 5.82 Å². The number of aromatic nitrogens is 3. The Morgan fingerprint density at radius 3 is 2.00 bits per heavy atom. The number of rotatable bonds is 1. The van der Waals surface area contributed by atoms with Gasteiger partial charge in [-0.2, -0.15) is 4.98 Å². The first-order valence-electron chi connectivity index (χ1n) is 9.16. The van der Waals surface area contributed by atoms with Gasteiger partial charge < -0.3 is 5.11 Å². The molecule has 0 saturated carbocycles. The predicted octanol–water partition coefficient (Wildman–Crippen LogP) is -5.88. The molecule has 2 aromatic heterocycles. The number of benzene rings is 2. The molecule has 0 aliphatic carbocycles. The topological polar surface area (TPSA) is 58.9 Å². The summed E-state index contributed by atoms with van der Waals surface area (Å²) < 4.78 is 2.25. The number of hydrogen-bond donors (Lipinski definition) is 1. The van der Waals surface area contributed by atoms with Crippen molar-refractivity contribution in [1.29, 1.82) is 0 Å². The normalized spacial score (nSPS) is 11.5. The highest BCUT2D eigenvalue weighted by atomic mass is 35.5. The fourth-order valence-electron chi connectivity index (χ4n) is 4.00. The summed E-state index contributed by atoms with van der Waals surface area (Å²) in [5.74, 6) is 1.58. The molecule has 2 aromatic carbocycles. The van der Waals surface area contributed by atoms with Gasteiger partial charge >= 0.3 is 0 Å². The Labute approximate surface area is 178 Å². The molecule has 12 heteroatoms. The van der Waals surface area contributed by atoms with Crippen molar-refractivity contribution in [2.45, 2.75) is 6.92 Å². The maximum atomic E-state index is 10.6. The maximum Gasteiger partial charge on any atom is 0.226 e. The minimum absolute atomic E-state index is 0.204. The molecule has 0 unspecified atom stereocenters. The van der Waals surface area contributed by atoms with E-state index in [2.05, 4.69) is 46.3 Å². The second kappa shape index (κ2) is 6.60. The Morgan fingerprint density at radius 2 is 1.36 bits per heavy atom. The van der Waals surface area contributed by atoms with Crippen molar-refractivity contribution in [2.75, 3.05) is 0 Å². The van der Waals surface area contributed by atoms with Gasteiger partial charge in [0.1, 0.15) is 58.7 Å². The van der Waals surface area contributed by atoms with E-state index in [0.717, 1.165) is 36.8 Å². The Balaban J connectivity index is 2.30. The Hall–Kier alpha value is -1.85. The van der Waals surface area contributed by atoms with E-state index in [0.29, 0.717) is 17.4 Å². The van der Waals surface area contributed by atoms with Crippen LogP contribution in [0.5, 0.6) is 5.75 Å². The number of aryl methyl sites for hydroxylation is 1. The molecule has 1 N–H and O–H groups in total. The van der Waals surface area contributed by atoms with Crippen LogP contribution < -0.4 is 32.8 Å². The summed E-state index contributed by atoms with van der Waals surface area (Å²) in [7, 11) is 12.5. The third-order valence-electron chi connectivity index (χ3n) is 5.94. The van der Waals surface area contributed by atoms with Crippen LogP contribution in [0.3, 0.4) is 0 Å². The van der Waals surface area contributed by atoms with Gasteiger partial charge in [-0.25, -0.2) is 9.97 Å². The summed E-state index contributed by atoms with van der Waals surface area (Å²) in [6.45, 7) is 1.82. The smallest absolute Gasteiger partial charge is 0.226 e. The van der Waals surface area contributed by atoms with Crippen molar-refractivity contribution in [2.24, 2.45) is 0 Å². The monoisotopic (exact) mass is 399 g/mol. The van der Waals surface area contributed by atoms with E-state index in [-0.39, 0.29) is 5.28 Å². The first-order valence-corrected chi connectivity index (χ1v) is 10.4. The number of halogens is 1. The van der Waals surface area contributed by atoms with E-state index >= 15 is 0 Å². The molecule has 0 bridgehead atoms. The third-order valence-corrected chi connectivity index (χ3v) is 7.44. The summed E-state index contributed by atoms with van der Waals surface area (Å²) in [5.41, 5.74) is 7.60. The van der Waals surface area contributed by atoms with Crippen molar-refractivity contribution >= 4 is 123 Å². The lowest BCUT2D eigenvalue weighted by molar-refractivity contribution is 0.485. The molecule has 0 atom stereocenters.